The zero-order valence-electron chi connectivity index (χ0n) is 15.0. The van der Waals surface area contributed by atoms with E-state index in [2.05, 4.69) is 6.92 Å². The Labute approximate surface area is 140 Å². The molecule has 0 bridgehead atoms. The van der Waals surface area contributed by atoms with Crippen LogP contribution < -0.4 is 0 Å². The minimum Gasteiger partial charge on any atom is -0.343 e. The van der Waals surface area contributed by atoms with E-state index in [9.17, 15) is 14.4 Å². The second-order valence-corrected chi connectivity index (χ2v) is 6.69. The molecule has 132 valence electrons. The molecule has 0 spiro atoms. The monoisotopic (exact) mass is 324 g/mol. The van der Waals surface area contributed by atoms with Gasteiger partial charge >= 0.3 is 0 Å². The van der Waals surface area contributed by atoms with E-state index in [1.807, 2.05) is 9.80 Å². The molecular weight excluding hydrogens is 292 g/mol. The number of nitrogens with zero attached hydrogens (tertiary/aromatic N) is 2. The summed E-state index contributed by atoms with van der Waals surface area (Å²) < 4.78 is 0. The first-order valence-electron chi connectivity index (χ1n) is 8.94. The van der Waals surface area contributed by atoms with Crippen LogP contribution in [0.2, 0.25) is 0 Å². The Balaban J connectivity index is 2.73. The summed E-state index contributed by atoms with van der Waals surface area (Å²) in [7, 11) is 0. The predicted molar refractivity (Wildman–Crippen MR) is 91.2 cm³/mol. The van der Waals surface area contributed by atoms with Gasteiger partial charge in [0.1, 0.15) is 11.6 Å². The molecule has 5 nitrogen and oxygen atoms in total. The van der Waals surface area contributed by atoms with Gasteiger partial charge in [0.15, 0.2) is 0 Å². The molecule has 1 atom stereocenters. The lowest BCUT2D eigenvalue weighted by Crippen LogP contribution is -2.37. The maximum absolute atomic E-state index is 12.5. The first-order valence-corrected chi connectivity index (χ1v) is 8.94. The maximum atomic E-state index is 12.5. The average molecular weight is 324 g/mol. The summed E-state index contributed by atoms with van der Waals surface area (Å²) in [5.41, 5.74) is 0. The highest BCUT2D eigenvalue weighted by Crippen LogP contribution is 2.16. The van der Waals surface area contributed by atoms with Gasteiger partial charge in [0.25, 0.3) is 0 Å². The van der Waals surface area contributed by atoms with Crippen LogP contribution in [0.3, 0.4) is 0 Å². The molecule has 1 amide bonds. The van der Waals surface area contributed by atoms with E-state index in [1.54, 1.807) is 13.8 Å². The van der Waals surface area contributed by atoms with Crippen LogP contribution in [0.15, 0.2) is 0 Å². The first-order chi connectivity index (χ1) is 10.9. The second-order valence-electron chi connectivity index (χ2n) is 6.69. The summed E-state index contributed by atoms with van der Waals surface area (Å²) in [5, 5.41) is 0. The summed E-state index contributed by atoms with van der Waals surface area (Å²) in [4.78, 5) is 39.5. The van der Waals surface area contributed by atoms with Crippen molar-refractivity contribution in [2.24, 2.45) is 5.92 Å². The van der Waals surface area contributed by atoms with Crippen molar-refractivity contribution in [1.82, 2.24) is 9.80 Å². The molecule has 0 aromatic heterocycles. The van der Waals surface area contributed by atoms with Crippen LogP contribution in [0.1, 0.15) is 59.3 Å². The van der Waals surface area contributed by atoms with Crippen LogP contribution in [0, 0.1) is 5.92 Å². The van der Waals surface area contributed by atoms with E-state index in [4.69, 9.17) is 0 Å². The van der Waals surface area contributed by atoms with E-state index in [0.29, 0.717) is 13.1 Å². The highest BCUT2D eigenvalue weighted by atomic mass is 16.2. The fourth-order valence-electron chi connectivity index (χ4n) is 3.23. The molecule has 1 saturated heterocycles. The molecule has 1 fully saturated rings. The number of carbonyl (C=O) groups is 3. The fraction of sp³-hybridized carbons (Fsp3) is 0.833. The van der Waals surface area contributed by atoms with E-state index >= 15 is 0 Å². The number of hydrogen-bond donors (Lipinski definition) is 0. The van der Waals surface area contributed by atoms with E-state index in [-0.39, 0.29) is 23.4 Å². The zero-order chi connectivity index (χ0) is 17.2. The van der Waals surface area contributed by atoms with Crippen LogP contribution in [0.4, 0.5) is 0 Å². The highest BCUT2D eigenvalue weighted by Gasteiger charge is 2.21. The Morgan fingerprint density at radius 3 is 2.22 bits per heavy atom. The Kier molecular flexibility index (Phi) is 9.07. The SMILES string of the molecule is CC[C@H]1CCCCN(C(C)=O)CCCCN(CC(C)=O)CC1=O. The number of ketones is 2. The lowest BCUT2D eigenvalue weighted by atomic mass is 9.94. The van der Waals surface area contributed by atoms with Crippen molar-refractivity contribution >= 4 is 17.5 Å². The van der Waals surface area contributed by atoms with Gasteiger partial charge in [-0.25, -0.2) is 0 Å². The Bertz CT molecular complexity index is 409. The summed E-state index contributed by atoms with van der Waals surface area (Å²) >= 11 is 0. The van der Waals surface area contributed by atoms with Crippen molar-refractivity contribution in [2.45, 2.75) is 59.3 Å². The van der Waals surface area contributed by atoms with Crippen LogP contribution in [-0.2, 0) is 14.4 Å². The largest absolute Gasteiger partial charge is 0.343 e. The number of hydrogen-bond acceptors (Lipinski definition) is 4. The summed E-state index contributed by atoms with van der Waals surface area (Å²) in [6.07, 6.45) is 5.49. The van der Waals surface area contributed by atoms with Gasteiger partial charge in [-0.05, 0) is 45.6 Å². The molecule has 0 N–H and O–H groups in total. The average Bonchev–Trinajstić information content (AvgIpc) is 2.48. The van der Waals surface area contributed by atoms with Crippen LogP contribution >= 0.6 is 0 Å². The van der Waals surface area contributed by atoms with Gasteiger partial charge in [0.2, 0.25) is 5.91 Å². The number of Topliss-reactive ketones (excluding diaryl/α,β-unsaturated/α-hetero) is 2. The lowest BCUT2D eigenvalue weighted by molar-refractivity contribution is -0.129. The molecule has 5 heteroatoms. The van der Waals surface area contributed by atoms with Crippen molar-refractivity contribution in [3.63, 3.8) is 0 Å². The third-order valence-electron chi connectivity index (χ3n) is 4.60. The topological polar surface area (TPSA) is 57.7 Å². The van der Waals surface area contributed by atoms with Gasteiger partial charge in [-0.3, -0.25) is 19.3 Å². The predicted octanol–water partition coefficient (Wildman–Crippen LogP) is 2.29. The van der Waals surface area contributed by atoms with Gasteiger partial charge in [0, 0.05) is 25.9 Å². The fourth-order valence-corrected chi connectivity index (χ4v) is 3.23. The van der Waals surface area contributed by atoms with Gasteiger partial charge in [0.05, 0.1) is 13.1 Å². The van der Waals surface area contributed by atoms with Gasteiger partial charge in [-0.2, -0.15) is 0 Å². The maximum Gasteiger partial charge on any atom is 0.219 e. The molecule has 1 rings (SSSR count). The normalized spacial score (nSPS) is 22.8. The van der Waals surface area contributed by atoms with Crippen LogP contribution in [0.5, 0.6) is 0 Å². The molecule has 1 heterocycles. The van der Waals surface area contributed by atoms with Crippen molar-refractivity contribution in [3.8, 4) is 0 Å². The molecule has 0 radical (unpaired) electrons. The molecule has 1 aliphatic heterocycles. The Hall–Kier alpha value is -1.23. The molecule has 23 heavy (non-hydrogen) atoms. The first kappa shape index (κ1) is 19.8. The quantitative estimate of drug-likeness (QED) is 0.799. The molecule has 0 aliphatic carbocycles. The Morgan fingerprint density at radius 2 is 1.65 bits per heavy atom. The van der Waals surface area contributed by atoms with Gasteiger partial charge in [-0.15, -0.1) is 0 Å². The van der Waals surface area contributed by atoms with Gasteiger partial charge < -0.3 is 4.90 Å². The van der Waals surface area contributed by atoms with E-state index < -0.39 is 0 Å². The van der Waals surface area contributed by atoms with Crippen molar-refractivity contribution in [1.29, 1.82) is 0 Å². The van der Waals surface area contributed by atoms with Crippen molar-refractivity contribution < 1.29 is 14.4 Å². The van der Waals surface area contributed by atoms with E-state index in [0.717, 1.165) is 58.2 Å². The molecule has 0 unspecified atom stereocenters. The van der Waals surface area contributed by atoms with Crippen LogP contribution in [0.25, 0.3) is 0 Å². The highest BCUT2D eigenvalue weighted by molar-refractivity contribution is 5.84. The molecule has 0 aromatic carbocycles. The smallest absolute Gasteiger partial charge is 0.219 e. The summed E-state index contributed by atoms with van der Waals surface area (Å²) in [6, 6.07) is 0. The zero-order valence-corrected chi connectivity index (χ0v) is 15.0. The molecule has 0 saturated carbocycles. The summed E-state index contributed by atoms with van der Waals surface area (Å²) in [6.45, 7) is 8.28. The lowest BCUT2D eigenvalue weighted by Gasteiger charge is -2.23. The Morgan fingerprint density at radius 1 is 1.04 bits per heavy atom. The van der Waals surface area contributed by atoms with Crippen molar-refractivity contribution in [3.05, 3.63) is 0 Å². The minimum absolute atomic E-state index is 0.0796. The minimum atomic E-state index is 0.0796. The molecule has 0 aromatic rings. The molecule has 1 aliphatic rings. The third-order valence-corrected chi connectivity index (χ3v) is 4.60. The standard InChI is InChI=1S/C18H32N2O3/c1-4-17-9-5-6-11-20(16(3)22)12-8-7-10-19(13-15(2)21)14-18(17)23/h17H,4-14H2,1-3H3/t17-/m0/s1. The van der Waals surface area contributed by atoms with E-state index in [1.165, 1.54) is 0 Å². The number of rotatable bonds is 3. The number of carbonyl (C=O) groups excluding carboxylic acids is 3. The van der Waals surface area contributed by atoms with Crippen molar-refractivity contribution in [2.75, 3.05) is 32.7 Å². The third kappa shape index (κ3) is 7.73. The molecular formula is C18H32N2O3. The summed E-state index contributed by atoms with van der Waals surface area (Å²) in [5.74, 6) is 0.566. The van der Waals surface area contributed by atoms with Crippen LogP contribution in [-0.4, -0.2) is 60.0 Å². The van der Waals surface area contributed by atoms with Gasteiger partial charge in [-0.1, -0.05) is 13.3 Å². The number of amides is 1. The second kappa shape index (κ2) is 10.5.